The number of rotatable bonds is 7. The Labute approximate surface area is 290 Å². The van der Waals surface area contributed by atoms with Gasteiger partial charge >= 0.3 is 0 Å². The number of aliphatic hydroxyl groups excluding tert-OH is 1. The summed E-state index contributed by atoms with van der Waals surface area (Å²) in [5.41, 5.74) is 5.44. The van der Waals surface area contributed by atoms with Crippen molar-refractivity contribution in [3.05, 3.63) is 92.8 Å². The number of pyridine rings is 3. The molecule has 13 nitrogen and oxygen atoms in total. The number of nitrogens with one attached hydrogen (secondary N) is 1. The summed E-state index contributed by atoms with van der Waals surface area (Å²) < 4.78 is 10.0. The van der Waals surface area contributed by atoms with Gasteiger partial charge in [0.1, 0.15) is 23.3 Å². The fourth-order valence-electron chi connectivity index (χ4n) is 7.38. The van der Waals surface area contributed by atoms with Crippen LogP contribution < -0.4 is 21.3 Å². The molecule has 5 aromatic rings. The molecule has 0 unspecified atom stereocenters. The van der Waals surface area contributed by atoms with Gasteiger partial charge in [-0.25, -0.2) is 9.97 Å². The lowest BCUT2D eigenvalue weighted by Gasteiger charge is -2.46. The lowest BCUT2D eigenvalue weighted by Crippen LogP contribution is -2.59. The summed E-state index contributed by atoms with van der Waals surface area (Å²) in [4.78, 5) is 41.0. The molecule has 0 saturated carbocycles. The van der Waals surface area contributed by atoms with Crippen molar-refractivity contribution in [2.75, 3.05) is 43.1 Å². The van der Waals surface area contributed by atoms with Crippen LogP contribution in [0.3, 0.4) is 0 Å². The Morgan fingerprint density at radius 3 is 2.61 bits per heavy atom. The minimum atomic E-state index is -0.384. The monoisotopic (exact) mass is 683 g/mol. The molecular formula is C35H41N9O4S. The van der Waals surface area contributed by atoms with E-state index in [9.17, 15) is 14.7 Å². The molecule has 2 aliphatic heterocycles. The van der Waals surface area contributed by atoms with Gasteiger partial charge < -0.3 is 24.6 Å². The van der Waals surface area contributed by atoms with Gasteiger partial charge in [-0.05, 0) is 74.1 Å². The Morgan fingerprint density at radius 2 is 1.88 bits per heavy atom. The normalized spacial score (nSPS) is 18.2. The third-order valence-electron chi connectivity index (χ3n) is 10.1. The quantitative estimate of drug-likeness (QED) is 0.264. The van der Waals surface area contributed by atoms with Crippen LogP contribution in [0.2, 0.25) is 0 Å². The third-order valence-corrected chi connectivity index (χ3v) is 10.1. The average molecular weight is 684 g/mol. The molecule has 0 bridgehead atoms. The van der Waals surface area contributed by atoms with Gasteiger partial charge in [-0.1, -0.05) is 0 Å². The highest BCUT2D eigenvalue weighted by atomic mass is 32.1. The standard InChI is InChI=1S/C35H39N9O4.H2S/c1-22-16-41(26-19-48-20-26)11-12-42(22)25-7-8-32(37-15-25)39-29-13-24(17-40(2)34(29)46)27-9-10-36-33(28(27)18-45)44-35(47)31-14-23-5-3-4-6-30(23)43(31)21-38-44;/h7-10,13-15,17,21-22,26,45H,3-6,11-12,16,18-20H2,1-2H3,(H,37,39);1H2/t22-;/m0./s1. The van der Waals surface area contributed by atoms with Crippen LogP contribution >= 0.6 is 13.5 Å². The van der Waals surface area contributed by atoms with Crippen LogP contribution in [0.4, 0.5) is 17.2 Å². The SMILES string of the molecule is C[C@H]1CN(C2COC2)CCN1c1ccc(Nc2cc(-c3ccnc(-n4ncn5c6c(cc5c4=O)CCCC6)c3CO)cn(C)c2=O)nc1.S. The summed E-state index contributed by atoms with van der Waals surface area (Å²) in [7, 11) is 1.68. The Bertz CT molecular complexity index is 2120. The van der Waals surface area contributed by atoms with Gasteiger partial charge in [0.25, 0.3) is 11.1 Å². The first-order chi connectivity index (χ1) is 23.4. The number of aromatic nitrogens is 6. The van der Waals surface area contributed by atoms with Crippen molar-refractivity contribution >= 4 is 36.2 Å². The molecule has 1 atom stereocenters. The summed E-state index contributed by atoms with van der Waals surface area (Å²) in [6.45, 7) is 6.38. The van der Waals surface area contributed by atoms with Crippen LogP contribution in [0, 0.1) is 0 Å². The number of hydrogen-bond acceptors (Lipinski definition) is 10. The lowest BCUT2D eigenvalue weighted by atomic mass is 9.98. The predicted molar refractivity (Wildman–Crippen MR) is 193 cm³/mol. The molecule has 0 spiro atoms. The van der Waals surface area contributed by atoms with Gasteiger partial charge in [0, 0.05) is 61.9 Å². The second-order valence-corrected chi connectivity index (χ2v) is 13.1. The Balaban J connectivity index is 0.00000378. The second-order valence-electron chi connectivity index (χ2n) is 13.1. The first kappa shape index (κ1) is 33.0. The molecule has 0 amide bonds. The molecule has 0 radical (unpaired) electrons. The van der Waals surface area contributed by atoms with Gasteiger partial charge in [-0.2, -0.15) is 23.3 Å². The molecule has 14 heteroatoms. The maximum Gasteiger partial charge on any atom is 0.297 e. The van der Waals surface area contributed by atoms with Crippen molar-refractivity contribution in [2.45, 2.75) is 51.3 Å². The average Bonchev–Trinajstić information content (AvgIpc) is 3.46. The molecule has 2 saturated heterocycles. The fraction of sp³-hybridized carbons (Fsp3) is 0.400. The highest BCUT2D eigenvalue weighted by molar-refractivity contribution is 7.59. The zero-order valence-corrected chi connectivity index (χ0v) is 28.7. The van der Waals surface area contributed by atoms with E-state index in [4.69, 9.17) is 4.74 Å². The zero-order valence-electron chi connectivity index (χ0n) is 27.7. The topological polar surface area (TPSA) is 135 Å². The summed E-state index contributed by atoms with van der Waals surface area (Å²) >= 11 is 0. The van der Waals surface area contributed by atoms with E-state index in [1.807, 2.05) is 28.8 Å². The van der Waals surface area contributed by atoms with E-state index in [1.54, 1.807) is 37.9 Å². The fourth-order valence-corrected chi connectivity index (χ4v) is 7.38. The molecule has 3 aliphatic rings. The van der Waals surface area contributed by atoms with Crippen molar-refractivity contribution in [2.24, 2.45) is 7.05 Å². The lowest BCUT2D eigenvalue weighted by molar-refractivity contribution is -0.0691. The largest absolute Gasteiger partial charge is 0.392 e. The molecule has 5 aromatic heterocycles. The van der Waals surface area contributed by atoms with Gasteiger partial charge in [-0.15, -0.1) is 0 Å². The predicted octanol–water partition coefficient (Wildman–Crippen LogP) is 2.78. The van der Waals surface area contributed by atoms with E-state index in [2.05, 4.69) is 37.1 Å². The van der Waals surface area contributed by atoms with Crippen molar-refractivity contribution in [3.8, 4) is 16.9 Å². The molecule has 0 aromatic carbocycles. The van der Waals surface area contributed by atoms with Crippen LogP contribution in [0.5, 0.6) is 0 Å². The van der Waals surface area contributed by atoms with Crippen LogP contribution in [-0.4, -0.2) is 83.7 Å². The van der Waals surface area contributed by atoms with Crippen LogP contribution in [0.1, 0.15) is 36.6 Å². The van der Waals surface area contributed by atoms with E-state index < -0.39 is 0 Å². The minimum absolute atomic E-state index is 0. The molecule has 49 heavy (non-hydrogen) atoms. The molecule has 2 N–H and O–H groups in total. The minimum Gasteiger partial charge on any atom is -0.392 e. The number of aryl methyl sites for hydroxylation is 3. The van der Waals surface area contributed by atoms with Gasteiger partial charge in [-0.3, -0.25) is 18.9 Å². The second kappa shape index (κ2) is 13.4. The number of piperazine rings is 1. The smallest absolute Gasteiger partial charge is 0.297 e. The van der Waals surface area contributed by atoms with Crippen molar-refractivity contribution < 1.29 is 9.84 Å². The third kappa shape index (κ3) is 5.92. The molecule has 1 aliphatic carbocycles. The summed E-state index contributed by atoms with van der Waals surface area (Å²) in [6, 6.07) is 10.3. The summed E-state index contributed by atoms with van der Waals surface area (Å²) in [5.74, 6) is 0.793. The summed E-state index contributed by atoms with van der Waals surface area (Å²) in [5, 5.41) is 18.3. The maximum absolute atomic E-state index is 13.7. The van der Waals surface area contributed by atoms with Crippen molar-refractivity contribution in [1.82, 2.24) is 33.6 Å². The zero-order chi connectivity index (χ0) is 32.9. The van der Waals surface area contributed by atoms with E-state index in [0.29, 0.717) is 45.8 Å². The van der Waals surface area contributed by atoms with Crippen molar-refractivity contribution in [3.63, 3.8) is 0 Å². The molecule has 7 heterocycles. The van der Waals surface area contributed by atoms with E-state index in [-0.39, 0.29) is 37.0 Å². The number of fused-ring (bicyclic) bond motifs is 3. The Morgan fingerprint density at radius 1 is 1.04 bits per heavy atom. The summed E-state index contributed by atoms with van der Waals surface area (Å²) in [6.07, 6.45) is 10.9. The number of hydrogen-bond donors (Lipinski definition) is 2. The van der Waals surface area contributed by atoms with Gasteiger partial charge in [0.05, 0.1) is 37.7 Å². The molecular weight excluding hydrogens is 643 g/mol. The van der Waals surface area contributed by atoms with Crippen molar-refractivity contribution in [1.29, 1.82) is 0 Å². The number of ether oxygens (including phenoxy) is 1. The Kier molecular flexibility index (Phi) is 9.05. The van der Waals surface area contributed by atoms with E-state index in [0.717, 1.165) is 69.9 Å². The Hall–Kier alpha value is -4.50. The van der Waals surface area contributed by atoms with Crippen LogP contribution in [-0.2, 0) is 31.2 Å². The number of anilines is 3. The van der Waals surface area contributed by atoms with Gasteiger partial charge in [0.15, 0.2) is 5.82 Å². The highest BCUT2D eigenvalue weighted by Gasteiger charge is 2.32. The molecule has 256 valence electrons. The van der Waals surface area contributed by atoms with Crippen LogP contribution in [0.25, 0.3) is 22.5 Å². The first-order valence-electron chi connectivity index (χ1n) is 16.6. The first-order valence-corrected chi connectivity index (χ1v) is 16.6. The van der Waals surface area contributed by atoms with E-state index in [1.165, 1.54) is 14.8 Å². The van der Waals surface area contributed by atoms with Crippen LogP contribution in [0.15, 0.2) is 64.8 Å². The van der Waals surface area contributed by atoms with Gasteiger partial charge in [0.2, 0.25) is 0 Å². The number of aliphatic hydroxyl groups is 1. The highest BCUT2D eigenvalue weighted by Crippen LogP contribution is 2.30. The van der Waals surface area contributed by atoms with E-state index >= 15 is 0 Å². The maximum atomic E-state index is 13.7. The molecule has 2 fully saturated rings. The molecule has 8 rings (SSSR count). The number of nitrogens with zero attached hydrogens (tertiary/aromatic N) is 8.